The molecule has 0 saturated carbocycles. The third-order valence-electron chi connectivity index (χ3n) is 3.78. The number of hydrogen-bond donors (Lipinski definition) is 1. The fourth-order valence-electron chi connectivity index (χ4n) is 2.31. The molecule has 0 saturated heterocycles. The lowest BCUT2D eigenvalue weighted by atomic mass is 10.0. The predicted octanol–water partition coefficient (Wildman–Crippen LogP) is 3.97. The topological polar surface area (TPSA) is 59.3 Å². The fraction of sp³-hybridized carbons (Fsp3) is 0.278. The minimum Gasteiger partial charge on any atom is -0.325 e. The van der Waals surface area contributed by atoms with Gasteiger partial charge in [-0.25, -0.2) is 0 Å². The average molecular weight is 340 g/mol. The molecule has 0 unspecified atom stereocenters. The van der Waals surface area contributed by atoms with Crippen LogP contribution in [0.15, 0.2) is 53.8 Å². The number of carbonyl (C=O) groups is 1. The van der Waals surface area contributed by atoms with E-state index >= 15 is 0 Å². The van der Waals surface area contributed by atoms with Gasteiger partial charge in [-0.2, -0.15) is 0 Å². The molecule has 24 heavy (non-hydrogen) atoms. The standard InChI is InChI=1S/C18H20N4OS/c1-12(2)14-7-9-15(10-8-14)19-17(23)13(3)24-18-21-20-16-6-4-5-11-22(16)18/h4-13H,1-3H3,(H,19,23)/t13-/m1/s1. The molecule has 0 radical (unpaired) electrons. The predicted molar refractivity (Wildman–Crippen MR) is 97.5 cm³/mol. The molecule has 0 aliphatic heterocycles. The minimum absolute atomic E-state index is 0.0509. The number of nitrogens with zero attached hydrogens (tertiary/aromatic N) is 3. The molecule has 0 fully saturated rings. The smallest absolute Gasteiger partial charge is 0.237 e. The summed E-state index contributed by atoms with van der Waals surface area (Å²) in [5.74, 6) is 0.426. The normalized spacial score (nSPS) is 12.5. The highest BCUT2D eigenvalue weighted by Crippen LogP contribution is 2.23. The number of carbonyl (C=O) groups excluding carboxylic acids is 1. The fourth-order valence-corrected chi connectivity index (χ4v) is 3.14. The summed E-state index contributed by atoms with van der Waals surface area (Å²) in [7, 11) is 0. The molecule has 0 aliphatic rings. The van der Waals surface area contributed by atoms with Gasteiger partial charge in [-0.1, -0.05) is 43.8 Å². The van der Waals surface area contributed by atoms with Gasteiger partial charge in [-0.15, -0.1) is 10.2 Å². The molecular weight excluding hydrogens is 320 g/mol. The maximum absolute atomic E-state index is 12.4. The van der Waals surface area contributed by atoms with E-state index in [4.69, 9.17) is 0 Å². The number of aromatic nitrogens is 3. The summed E-state index contributed by atoms with van der Waals surface area (Å²) in [6.45, 7) is 6.16. The Labute approximate surface area is 145 Å². The molecule has 2 heterocycles. The van der Waals surface area contributed by atoms with Crippen LogP contribution in [0.4, 0.5) is 5.69 Å². The van der Waals surface area contributed by atoms with Crippen LogP contribution in [-0.2, 0) is 4.79 Å². The SMILES string of the molecule is CC(C)c1ccc(NC(=O)[C@@H](C)Sc2nnc3ccccn23)cc1. The number of benzene rings is 1. The maximum atomic E-state index is 12.4. The van der Waals surface area contributed by atoms with E-state index in [0.29, 0.717) is 11.1 Å². The molecule has 2 aromatic heterocycles. The van der Waals surface area contributed by atoms with Crippen LogP contribution in [0.25, 0.3) is 5.65 Å². The van der Waals surface area contributed by atoms with Crippen molar-refractivity contribution in [2.24, 2.45) is 0 Å². The zero-order valence-electron chi connectivity index (χ0n) is 13.9. The van der Waals surface area contributed by atoms with Crippen LogP contribution in [0.2, 0.25) is 0 Å². The van der Waals surface area contributed by atoms with Crippen molar-refractivity contribution in [3.05, 3.63) is 54.2 Å². The Morgan fingerprint density at radius 1 is 1.08 bits per heavy atom. The largest absolute Gasteiger partial charge is 0.325 e. The molecular formula is C18H20N4OS. The van der Waals surface area contributed by atoms with Gasteiger partial charge in [-0.3, -0.25) is 9.20 Å². The minimum atomic E-state index is -0.276. The molecule has 0 spiro atoms. The number of thioether (sulfide) groups is 1. The van der Waals surface area contributed by atoms with E-state index in [0.717, 1.165) is 11.3 Å². The van der Waals surface area contributed by atoms with E-state index in [2.05, 4.69) is 29.4 Å². The molecule has 124 valence electrons. The molecule has 1 aromatic carbocycles. The number of anilines is 1. The van der Waals surface area contributed by atoms with Crippen LogP contribution in [0.1, 0.15) is 32.3 Å². The first-order chi connectivity index (χ1) is 11.5. The first-order valence-corrected chi connectivity index (χ1v) is 8.80. The lowest BCUT2D eigenvalue weighted by molar-refractivity contribution is -0.115. The summed E-state index contributed by atoms with van der Waals surface area (Å²) in [6, 6.07) is 13.7. The zero-order valence-corrected chi connectivity index (χ0v) is 14.7. The molecule has 0 aliphatic carbocycles. The van der Waals surface area contributed by atoms with Crippen molar-refractivity contribution in [3.63, 3.8) is 0 Å². The van der Waals surface area contributed by atoms with Gasteiger partial charge < -0.3 is 5.32 Å². The second-order valence-electron chi connectivity index (χ2n) is 5.94. The van der Waals surface area contributed by atoms with Gasteiger partial charge in [-0.05, 0) is 42.7 Å². The second-order valence-corrected chi connectivity index (χ2v) is 7.25. The van der Waals surface area contributed by atoms with E-state index in [1.165, 1.54) is 17.3 Å². The average Bonchev–Trinajstić information content (AvgIpc) is 2.98. The monoisotopic (exact) mass is 340 g/mol. The Bertz CT molecular complexity index is 842. The summed E-state index contributed by atoms with van der Waals surface area (Å²) in [5, 5.41) is 11.6. The van der Waals surface area contributed by atoms with E-state index in [-0.39, 0.29) is 11.2 Å². The number of rotatable bonds is 5. The van der Waals surface area contributed by atoms with Crippen molar-refractivity contribution in [3.8, 4) is 0 Å². The van der Waals surface area contributed by atoms with E-state index in [1.54, 1.807) is 0 Å². The van der Waals surface area contributed by atoms with Crippen LogP contribution < -0.4 is 5.32 Å². The van der Waals surface area contributed by atoms with Gasteiger partial charge in [0.1, 0.15) is 0 Å². The Kier molecular flexibility index (Phi) is 4.85. The summed E-state index contributed by atoms with van der Waals surface area (Å²) >= 11 is 1.39. The highest BCUT2D eigenvalue weighted by atomic mass is 32.2. The first-order valence-electron chi connectivity index (χ1n) is 7.92. The lowest BCUT2D eigenvalue weighted by Crippen LogP contribution is -2.22. The van der Waals surface area contributed by atoms with Crippen molar-refractivity contribution in [1.82, 2.24) is 14.6 Å². The third kappa shape index (κ3) is 3.59. The summed E-state index contributed by atoms with van der Waals surface area (Å²) < 4.78 is 1.88. The number of fused-ring (bicyclic) bond motifs is 1. The van der Waals surface area contributed by atoms with Crippen molar-refractivity contribution in [2.45, 2.75) is 37.1 Å². The summed E-state index contributed by atoms with van der Waals surface area (Å²) in [4.78, 5) is 12.4. The number of amides is 1. The van der Waals surface area contributed by atoms with Crippen LogP contribution in [-0.4, -0.2) is 25.8 Å². The zero-order chi connectivity index (χ0) is 17.1. The van der Waals surface area contributed by atoms with Crippen molar-refractivity contribution in [1.29, 1.82) is 0 Å². The van der Waals surface area contributed by atoms with Gasteiger partial charge in [0, 0.05) is 11.9 Å². The van der Waals surface area contributed by atoms with Crippen LogP contribution in [0.5, 0.6) is 0 Å². The van der Waals surface area contributed by atoms with Crippen molar-refractivity contribution >= 4 is 29.0 Å². The molecule has 0 bridgehead atoms. The molecule has 3 rings (SSSR count). The van der Waals surface area contributed by atoms with Gasteiger partial charge in [0.05, 0.1) is 5.25 Å². The molecule has 1 atom stereocenters. The first kappa shape index (κ1) is 16.5. The number of nitrogens with one attached hydrogen (secondary N) is 1. The lowest BCUT2D eigenvalue weighted by Gasteiger charge is -2.12. The van der Waals surface area contributed by atoms with Crippen LogP contribution >= 0.6 is 11.8 Å². The quantitative estimate of drug-likeness (QED) is 0.714. The summed E-state index contributed by atoms with van der Waals surface area (Å²) in [6.07, 6.45) is 1.90. The van der Waals surface area contributed by atoms with Gasteiger partial charge in [0.2, 0.25) is 5.91 Å². The Hall–Kier alpha value is -2.34. The highest BCUT2D eigenvalue weighted by Gasteiger charge is 2.18. The molecule has 3 aromatic rings. The van der Waals surface area contributed by atoms with E-state index < -0.39 is 0 Å². The number of pyridine rings is 1. The van der Waals surface area contributed by atoms with Crippen LogP contribution in [0.3, 0.4) is 0 Å². The van der Waals surface area contributed by atoms with E-state index in [9.17, 15) is 4.79 Å². The second kappa shape index (κ2) is 7.05. The molecule has 1 N–H and O–H groups in total. The maximum Gasteiger partial charge on any atom is 0.237 e. The molecule has 1 amide bonds. The Morgan fingerprint density at radius 2 is 1.83 bits per heavy atom. The van der Waals surface area contributed by atoms with Gasteiger partial charge >= 0.3 is 0 Å². The number of hydrogen-bond acceptors (Lipinski definition) is 4. The Balaban J connectivity index is 1.66. The van der Waals surface area contributed by atoms with Crippen LogP contribution in [0, 0.1) is 0 Å². The molecule has 5 nitrogen and oxygen atoms in total. The van der Waals surface area contributed by atoms with Gasteiger partial charge in [0.25, 0.3) is 0 Å². The van der Waals surface area contributed by atoms with Crippen molar-refractivity contribution < 1.29 is 4.79 Å². The highest BCUT2D eigenvalue weighted by molar-refractivity contribution is 8.00. The summed E-state index contributed by atoms with van der Waals surface area (Å²) in [5.41, 5.74) is 2.84. The van der Waals surface area contributed by atoms with Crippen molar-refractivity contribution in [2.75, 3.05) is 5.32 Å². The van der Waals surface area contributed by atoms with Gasteiger partial charge in [0.15, 0.2) is 10.8 Å². The van der Waals surface area contributed by atoms with E-state index in [1.807, 2.05) is 60.0 Å². The third-order valence-corrected chi connectivity index (χ3v) is 4.84. The Morgan fingerprint density at radius 3 is 2.54 bits per heavy atom. The molecule has 6 heteroatoms.